The molecular formula is C19H27N3O2S2. The fourth-order valence-electron chi connectivity index (χ4n) is 3.53. The van der Waals surface area contributed by atoms with E-state index >= 15 is 0 Å². The Morgan fingerprint density at radius 1 is 1.35 bits per heavy atom. The summed E-state index contributed by atoms with van der Waals surface area (Å²) in [5, 5.41) is 6.07. The van der Waals surface area contributed by atoms with E-state index in [2.05, 4.69) is 33.0 Å². The van der Waals surface area contributed by atoms with Gasteiger partial charge in [0, 0.05) is 29.7 Å². The number of thiophene rings is 1. The van der Waals surface area contributed by atoms with Crippen LogP contribution >= 0.6 is 23.1 Å². The molecule has 0 aromatic carbocycles. The van der Waals surface area contributed by atoms with Gasteiger partial charge in [-0.25, -0.2) is 9.97 Å². The van der Waals surface area contributed by atoms with E-state index in [1.807, 2.05) is 0 Å². The highest BCUT2D eigenvalue weighted by atomic mass is 32.2. The van der Waals surface area contributed by atoms with Crippen LogP contribution < -0.4 is 5.32 Å². The van der Waals surface area contributed by atoms with Gasteiger partial charge >= 0.3 is 0 Å². The molecule has 0 aliphatic carbocycles. The maximum atomic E-state index is 6.01. The molecule has 0 saturated carbocycles. The first-order chi connectivity index (χ1) is 12.4. The maximum absolute atomic E-state index is 6.01. The van der Waals surface area contributed by atoms with Crippen LogP contribution in [0.25, 0.3) is 10.2 Å². The van der Waals surface area contributed by atoms with Crippen LogP contribution in [-0.4, -0.2) is 40.1 Å². The van der Waals surface area contributed by atoms with Crippen molar-refractivity contribution in [2.45, 2.75) is 75.7 Å². The molecule has 4 heterocycles. The highest BCUT2D eigenvalue weighted by Crippen LogP contribution is 2.41. The highest BCUT2D eigenvalue weighted by molar-refractivity contribution is 7.99. The normalized spacial score (nSPS) is 22.1. The zero-order chi connectivity index (χ0) is 18.3. The van der Waals surface area contributed by atoms with Crippen LogP contribution in [-0.2, 0) is 22.5 Å². The van der Waals surface area contributed by atoms with E-state index < -0.39 is 0 Å². The molecule has 1 fully saturated rings. The summed E-state index contributed by atoms with van der Waals surface area (Å²) in [4.78, 5) is 12.1. The summed E-state index contributed by atoms with van der Waals surface area (Å²) < 4.78 is 11.8. The van der Waals surface area contributed by atoms with Crippen molar-refractivity contribution in [3.63, 3.8) is 0 Å². The Kier molecular flexibility index (Phi) is 5.16. The Hall–Kier alpha value is -0.890. The molecule has 2 aliphatic rings. The number of aromatic nitrogens is 2. The summed E-state index contributed by atoms with van der Waals surface area (Å²) in [5.41, 5.74) is 1.22. The molecule has 0 amide bonds. The third kappa shape index (κ3) is 3.86. The van der Waals surface area contributed by atoms with Crippen LogP contribution in [0.3, 0.4) is 0 Å². The molecule has 0 bridgehead atoms. The SMILES string of the molecule is CC(C)Sc1nc(NC[C@@H]2CCCO2)c2c3c(sc2n1)COC(C)(C)C3. The molecule has 1 N–H and O–H groups in total. The number of hydrogen-bond acceptors (Lipinski definition) is 7. The number of ether oxygens (including phenoxy) is 2. The van der Waals surface area contributed by atoms with Gasteiger partial charge in [0.2, 0.25) is 0 Å². The van der Waals surface area contributed by atoms with Gasteiger partial charge in [-0.3, -0.25) is 0 Å². The fraction of sp³-hybridized carbons (Fsp3) is 0.684. The zero-order valence-corrected chi connectivity index (χ0v) is 17.6. The van der Waals surface area contributed by atoms with Crippen LogP contribution in [0.1, 0.15) is 51.0 Å². The molecule has 5 nitrogen and oxygen atoms in total. The lowest BCUT2D eigenvalue weighted by atomic mass is 9.94. The molecule has 2 aromatic rings. The standard InChI is InChI=1S/C19H27N3O2S2/c1-11(2)25-18-21-16(20-9-12-6-5-7-23-12)15-13-8-19(3,4)24-10-14(13)26-17(15)22-18/h11-12H,5-10H2,1-4H3,(H,20,21,22)/t12-/m0/s1. The van der Waals surface area contributed by atoms with E-state index in [1.54, 1.807) is 23.1 Å². The Balaban J connectivity index is 1.73. The average molecular weight is 394 g/mol. The van der Waals surface area contributed by atoms with Crippen molar-refractivity contribution in [3.8, 4) is 0 Å². The minimum Gasteiger partial charge on any atom is -0.376 e. The van der Waals surface area contributed by atoms with Crippen molar-refractivity contribution in [2.75, 3.05) is 18.5 Å². The number of nitrogens with one attached hydrogen (secondary N) is 1. The van der Waals surface area contributed by atoms with Gasteiger partial charge in [-0.15, -0.1) is 11.3 Å². The van der Waals surface area contributed by atoms with Crippen LogP contribution in [0.15, 0.2) is 5.16 Å². The summed E-state index contributed by atoms with van der Waals surface area (Å²) in [5.74, 6) is 0.962. The Bertz CT molecular complexity index is 798. The predicted octanol–water partition coefficient (Wildman–Crippen LogP) is 4.63. The summed E-state index contributed by atoms with van der Waals surface area (Å²) in [6, 6.07) is 0. The second-order valence-corrected chi connectivity index (χ2v) is 10.6. The van der Waals surface area contributed by atoms with Gasteiger partial charge in [-0.1, -0.05) is 25.6 Å². The highest BCUT2D eigenvalue weighted by Gasteiger charge is 2.31. The van der Waals surface area contributed by atoms with Gasteiger partial charge < -0.3 is 14.8 Å². The Morgan fingerprint density at radius 3 is 2.92 bits per heavy atom. The zero-order valence-electron chi connectivity index (χ0n) is 15.9. The van der Waals surface area contributed by atoms with Gasteiger partial charge in [0.1, 0.15) is 10.6 Å². The molecule has 7 heteroatoms. The van der Waals surface area contributed by atoms with E-state index in [-0.39, 0.29) is 11.7 Å². The Labute approximate surface area is 163 Å². The topological polar surface area (TPSA) is 56.3 Å². The number of hydrogen-bond donors (Lipinski definition) is 1. The third-order valence-electron chi connectivity index (χ3n) is 4.77. The van der Waals surface area contributed by atoms with Crippen molar-refractivity contribution in [1.29, 1.82) is 0 Å². The summed E-state index contributed by atoms with van der Waals surface area (Å²) in [7, 11) is 0. The first-order valence-corrected chi connectivity index (χ1v) is 11.1. The molecular weight excluding hydrogens is 366 g/mol. The van der Waals surface area contributed by atoms with E-state index in [4.69, 9.17) is 19.4 Å². The van der Waals surface area contributed by atoms with Gasteiger partial charge in [0.15, 0.2) is 5.16 Å². The van der Waals surface area contributed by atoms with E-state index in [1.165, 1.54) is 15.8 Å². The van der Waals surface area contributed by atoms with Gasteiger partial charge in [0.05, 0.1) is 23.7 Å². The van der Waals surface area contributed by atoms with E-state index in [9.17, 15) is 0 Å². The number of anilines is 1. The van der Waals surface area contributed by atoms with Gasteiger partial charge in [-0.05, 0) is 32.3 Å². The van der Waals surface area contributed by atoms with Crippen LogP contribution in [0.2, 0.25) is 0 Å². The predicted molar refractivity (Wildman–Crippen MR) is 108 cm³/mol. The molecule has 1 atom stereocenters. The number of thioether (sulfide) groups is 1. The lowest BCUT2D eigenvalue weighted by molar-refractivity contribution is -0.0379. The lowest BCUT2D eigenvalue weighted by Gasteiger charge is -2.30. The molecule has 142 valence electrons. The van der Waals surface area contributed by atoms with Crippen LogP contribution in [0.4, 0.5) is 5.82 Å². The number of fused-ring (bicyclic) bond motifs is 3. The van der Waals surface area contributed by atoms with Crippen molar-refractivity contribution >= 4 is 39.1 Å². The minimum atomic E-state index is -0.141. The average Bonchev–Trinajstić information content (AvgIpc) is 3.18. The molecule has 2 aromatic heterocycles. The summed E-state index contributed by atoms with van der Waals surface area (Å²) >= 11 is 3.47. The molecule has 0 unspecified atom stereocenters. The van der Waals surface area contributed by atoms with Crippen molar-refractivity contribution in [3.05, 3.63) is 10.4 Å². The second kappa shape index (κ2) is 7.26. The smallest absolute Gasteiger partial charge is 0.191 e. The fourth-order valence-corrected chi connectivity index (χ4v) is 5.40. The van der Waals surface area contributed by atoms with Gasteiger partial charge in [-0.2, -0.15) is 0 Å². The molecule has 0 spiro atoms. The van der Waals surface area contributed by atoms with Crippen molar-refractivity contribution < 1.29 is 9.47 Å². The van der Waals surface area contributed by atoms with E-state index in [0.717, 1.165) is 48.2 Å². The first-order valence-electron chi connectivity index (χ1n) is 9.40. The first kappa shape index (κ1) is 18.5. The summed E-state index contributed by atoms with van der Waals surface area (Å²) in [6.45, 7) is 11.0. The minimum absolute atomic E-state index is 0.141. The van der Waals surface area contributed by atoms with Crippen molar-refractivity contribution in [1.82, 2.24) is 9.97 Å². The monoisotopic (exact) mass is 393 g/mol. The molecule has 26 heavy (non-hydrogen) atoms. The molecule has 1 saturated heterocycles. The van der Waals surface area contributed by atoms with Gasteiger partial charge in [0.25, 0.3) is 0 Å². The van der Waals surface area contributed by atoms with E-state index in [0.29, 0.717) is 11.9 Å². The molecule has 0 radical (unpaired) electrons. The summed E-state index contributed by atoms with van der Waals surface area (Å²) in [6.07, 6.45) is 3.46. The maximum Gasteiger partial charge on any atom is 0.191 e. The largest absolute Gasteiger partial charge is 0.376 e. The molecule has 4 rings (SSSR count). The molecule has 2 aliphatic heterocycles. The van der Waals surface area contributed by atoms with Crippen LogP contribution in [0.5, 0.6) is 0 Å². The number of nitrogens with zero attached hydrogens (tertiary/aromatic N) is 2. The van der Waals surface area contributed by atoms with Crippen molar-refractivity contribution in [2.24, 2.45) is 0 Å². The quantitative estimate of drug-likeness (QED) is 0.590. The Morgan fingerprint density at radius 2 is 2.19 bits per heavy atom. The number of rotatable bonds is 5. The third-order valence-corrected chi connectivity index (χ3v) is 6.74. The lowest BCUT2D eigenvalue weighted by Crippen LogP contribution is -2.31. The van der Waals surface area contributed by atoms with Crippen LogP contribution in [0, 0.1) is 0 Å². The second-order valence-electron chi connectivity index (χ2n) is 7.95.